The van der Waals surface area contributed by atoms with Gasteiger partial charge in [-0.2, -0.15) is 0 Å². The lowest BCUT2D eigenvalue weighted by molar-refractivity contribution is -0.141. The molecule has 0 spiro atoms. The van der Waals surface area contributed by atoms with Crippen molar-refractivity contribution in [1.29, 1.82) is 0 Å². The molecule has 8 heteroatoms. The van der Waals surface area contributed by atoms with E-state index in [4.69, 9.17) is 5.11 Å². The SMILES string of the molecule is Cc1cc(C)cc(-c2nnc(NC(=O)N3CCC(C(=O)O)C3)s2)c1. The summed E-state index contributed by atoms with van der Waals surface area (Å²) in [6, 6.07) is 5.80. The van der Waals surface area contributed by atoms with Crippen molar-refractivity contribution in [3.05, 3.63) is 29.3 Å². The topological polar surface area (TPSA) is 95.4 Å². The predicted octanol–water partition coefficient (Wildman–Crippen LogP) is 2.76. The Morgan fingerprint density at radius 2 is 1.96 bits per heavy atom. The Kier molecular flexibility index (Phi) is 4.48. The van der Waals surface area contributed by atoms with Gasteiger partial charge in [0.25, 0.3) is 0 Å². The zero-order chi connectivity index (χ0) is 17.3. The van der Waals surface area contributed by atoms with Crippen molar-refractivity contribution in [2.45, 2.75) is 20.3 Å². The maximum Gasteiger partial charge on any atom is 0.323 e. The molecule has 0 saturated carbocycles. The number of urea groups is 1. The predicted molar refractivity (Wildman–Crippen MR) is 91.2 cm³/mol. The first-order valence-corrected chi connectivity index (χ1v) is 8.45. The molecule has 1 fully saturated rings. The summed E-state index contributed by atoms with van der Waals surface area (Å²) in [6.07, 6.45) is 0.479. The summed E-state index contributed by atoms with van der Waals surface area (Å²) in [5.41, 5.74) is 3.25. The summed E-state index contributed by atoms with van der Waals surface area (Å²) >= 11 is 1.30. The number of nitrogens with one attached hydrogen (secondary N) is 1. The third kappa shape index (κ3) is 3.53. The lowest BCUT2D eigenvalue weighted by atomic mass is 10.1. The molecule has 1 aromatic heterocycles. The minimum atomic E-state index is -0.863. The van der Waals surface area contributed by atoms with E-state index in [-0.39, 0.29) is 12.6 Å². The van der Waals surface area contributed by atoms with E-state index < -0.39 is 11.9 Å². The van der Waals surface area contributed by atoms with E-state index in [0.717, 1.165) is 21.7 Å². The first kappa shape index (κ1) is 16.4. The van der Waals surface area contributed by atoms with Crippen LogP contribution in [0.1, 0.15) is 17.5 Å². The number of likely N-dealkylation sites (tertiary alicyclic amines) is 1. The molecule has 7 nitrogen and oxygen atoms in total. The minimum Gasteiger partial charge on any atom is -0.481 e. The summed E-state index contributed by atoms with van der Waals surface area (Å²) in [4.78, 5) is 24.7. The van der Waals surface area contributed by atoms with Crippen LogP contribution in [0.25, 0.3) is 10.6 Å². The van der Waals surface area contributed by atoms with E-state index >= 15 is 0 Å². The molecule has 1 saturated heterocycles. The lowest BCUT2D eigenvalue weighted by Gasteiger charge is -2.14. The number of carbonyl (C=O) groups is 2. The highest BCUT2D eigenvalue weighted by Gasteiger charge is 2.31. The van der Waals surface area contributed by atoms with Gasteiger partial charge in [0.1, 0.15) is 5.01 Å². The molecule has 0 bridgehead atoms. The maximum absolute atomic E-state index is 12.2. The van der Waals surface area contributed by atoms with Crippen molar-refractivity contribution >= 4 is 28.5 Å². The molecular weight excluding hydrogens is 328 g/mol. The van der Waals surface area contributed by atoms with Crippen LogP contribution in [0.4, 0.5) is 9.93 Å². The van der Waals surface area contributed by atoms with Gasteiger partial charge in [-0.3, -0.25) is 10.1 Å². The molecule has 1 unspecified atom stereocenters. The van der Waals surface area contributed by atoms with Crippen LogP contribution in [0.3, 0.4) is 0 Å². The average molecular weight is 346 g/mol. The number of carboxylic acid groups (broad SMARTS) is 1. The summed E-state index contributed by atoms with van der Waals surface area (Å²) in [5, 5.41) is 21.0. The van der Waals surface area contributed by atoms with E-state index in [1.54, 1.807) is 0 Å². The third-order valence-corrected chi connectivity index (χ3v) is 4.82. The lowest BCUT2D eigenvalue weighted by Crippen LogP contribution is -2.33. The molecule has 2 amide bonds. The first-order chi connectivity index (χ1) is 11.4. The number of amides is 2. The van der Waals surface area contributed by atoms with E-state index in [0.29, 0.717) is 18.1 Å². The Morgan fingerprint density at radius 3 is 2.58 bits per heavy atom. The summed E-state index contributed by atoms with van der Waals surface area (Å²) < 4.78 is 0. The fourth-order valence-corrected chi connectivity index (χ4v) is 3.53. The highest BCUT2D eigenvalue weighted by atomic mass is 32.1. The van der Waals surface area contributed by atoms with Crippen LogP contribution in [0, 0.1) is 19.8 Å². The molecule has 1 aromatic carbocycles. The third-order valence-electron chi connectivity index (χ3n) is 3.93. The van der Waals surface area contributed by atoms with Gasteiger partial charge in [-0.05, 0) is 32.4 Å². The molecule has 2 N–H and O–H groups in total. The number of nitrogens with zero attached hydrogens (tertiary/aromatic N) is 3. The maximum atomic E-state index is 12.2. The van der Waals surface area contributed by atoms with E-state index in [2.05, 4.69) is 21.6 Å². The fraction of sp³-hybridized carbons (Fsp3) is 0.375. The first-order valence-electron chi connectivity index (χ1n) is 7.63. The van der Waals surface area contributed by atoms with Crippen molar-refractivity contribution in [2.75, 3.05) is 18.4 Å². The average Bonchev–Trinajstić information content (AvgIpc) is 3.15. The molecule has 0 aliphatic carbocycles. The van der Waals surface area contributed by atoms with Gasteiger partial charge < -0.3 is 10.0 Å². The number of anilines is 1. The number of carboxylic acids is 1. The van der Waals surface area contributed by atoms with Crippen molar-refractivity contribution in [3.63, 3.8) is 0 Å². The quantitative estimate of drug-likeness (QED) is 0.891. The van der Waals surface area contributed by atoms with Gasteiger partial charge in [-0.1, -0.05) is 28.5 Å². The molecule has 0 radical (unpaired) electrons. The second-order valence-corrected chi connectivity index (χ2v) is 6.97. The monoisotopic (exact) mass is 346 g/mol. The zero-order valence-corrected chi connectivity index (χ0v) is 14.3. The second-order valence-electron chi connectivity index (χ2n) is 5.99. The molecule has 1 aliphatic rings. The van der Waals surface area contributed by atoms with Crippen molar-refractivity contribution < 1.29 is 14.7 Å². The highest BCUT2D eigenvalue weighted by molar-refractivity contribution is 7.18. The summed E-state index contributed by atoms with van der Waals surface area (Å²) in [6.45, 7) is 4.70. The second kappa shape index (κ2) is 6.56. The molecule has 1 aliphatic heterocycles. The molecule has 3 rings (SSSR count). The standard InChI is InChI=1S/C16H18N4O3S/c1-9-5-10(2)7-12(6-9)13-18-19-15(24-13)17-16(23)20-4-3-11(8-20)14(21)22/h5-7,11H,3-4,8H2,1-2H3,(H,21,22)(H,17,19,23). The van der Waals surface area contributed by atoms with Crippen LogP contribution in [0.15, 0.2) is 18.2 Å². The van der Waals surface area contributed by atoms with Gasteiger partial charge in [-0.15, -0.1) is 10.2 Å². The summed E-state index contributed by atoms with van der Waals surface area (Å²) in [7, 11) is 0. The van der Waals surface area contributed by atoms with Gasteiger partial charge in [0.2, 0.25) is 5.13 Å². The number of rotatable bonds is 3. The largest absolute Gasteiger partial charge is 0.481 e. The van der Waals surface area contributed by atoms with Crippen molar-refractivity contribution in [1.82, 2.24) is 15.1 Å². The Morgan fingerprint density at radius 1 is 1.25 bits per heavy atom. The molecule has 2 heterocycles. The number of benzene rings is 1. The van der Waals surface area contributed by atoms with Gasteiger partial charge in [0.15, 0.2) is 0 Å². The van der Waals surface area contributed by atoms with E-state index in [1.807, 2.05) is 26.0 Å². The summed E-state index contributed by atoms with van der Waals surface area (Å²) in [5.74, 6) is -1.35. The Hall–Kier alpha value is -2.48. The van der Waals surface area contributed by atoms with Crippen LogP contribution < -0.4 is 5.32 Å². The molecule has 2 aromatic rings. The number of aromatic nitrogens is 2. The van der Waals surface area contributed by atoms with Crippen LogP contribution >= 0.6 is 11.3 Å². The smallest absolute Gasteiger partial charge is 0.323 e. The van der Waals surface area contributed by atoms with E-state index in [9.17, 15) is 9.59 Å². The number of aliphatic carboxylic acids is 1. The van der Waals surface area contributed by atoms with E-state index in [1.165, 1.54) is 16.2 Å². The number of hydrogen-bond acceptors (Lipinski definition) is 5. The Labute approximate surface area is 143 Å². The molecular formula is C16H18N4O3S. The Balaban J connectivity index is 1.68. The Bertz CT molecular complexity index is 769. The number of aryl methyl sites for hydroxylation is 2. The van der Waals surface area contributed by atoms with Gasteiger partial charge >= 0.3 is 12.0 Å². The van der Waals surface area contributed by atoms with Crippen LogP contribution in [-0.4, -0.2) is 45.3 Å². The van der Waals surface area contributed by atoms with Crippen LogP contribution in [-0.2, 0) is 4.79 Å². The fourth-order valence-electron chi connectivity index (χ4n) is 2.81. The zero-order valence-electron chi connectivity index (χ0n) is 13.4. The van der Waals surface area contributed by atoms with Crippen molar-refractivity contribution in [3.8, 4) is 10.6 Å². The van der Waals surface area contributed by atoms with Crippen LogP contribution in [0.5, 0.6) is 0 Å². The number of carbonyl (C=O) groups excluding carboxylic acids is 1. The van der Waals surface area contributed by atoms with Gasteiger partial charge in [-0.25, -0.2) is 4.79 Å². The molecule has 24 heavy (non-hydrogen) atoms. The number of hydrogen-bond donors (Lipinski definition) is 2. The molecule has 126 valence electrons. The van der Waals surface area contributed by atoms with Crippen molar-refractivity contribution in [2.24, 2.45) is 5.92 Å². The van der Waals surface area contributed by atoms with Crippen LogP contribution in [0.2, 0.25) is 0 Å². The van der Waals surface area contributed by atoms with Gasteiger partial charge in [0, 0.05) is 18.7 Å². The minimum absolute atomic E-state index is 0.226. The normalized spacial score (nSPS) is 17.1. The van der Waals surface area contributed by atoms with Gasteiger partial charge in [0.05, 0.1) is 5.92 Å². The highest BCUT2D eigenvalue weighted by Crippen LogP contribution is 2.28. The molecule has 1 atom stereocenters.